The normalized spacial score (nSPS) is 18.0. The van der Waals surface area contributed by atoms with Gasteiger partial charge in [0.25, 0.3) is 5.91 Å². The van der Waals surface area contributed by atoms with Crippen molar-refractivity contribution in [2.24, 2.45) is 0 Å². The Morgan fingerprint density at radius 1 is 1.06 bits per heavy atom. The van der Waals surface area contributed by atoms with Crippen LogP contribution in [0.5, 0.6) is 0 Å². The number of ether oxygens (including phenoxy) is 4. The maximum Gasteiger partial charge on any atom is 0.408 e. The van der Waals surface area contributed by atoms with E-state index in [1.54, 1.807) is 52.0 Å². The number of hydrogen-bond acceptors (Lipinski definition) is 7. The lowest BCUT2D eigenvalue weighted by Crippen LogP contribution is -2.56. The van der Waals surface area contributed by atoms with E-state index in [0.717, 1.165) is 0 Å². The molecule has 1 atom stereocenters. The highest BCUT2D eigenvalue weighted by Crippen LogP contribution is 2.43. The quantitative estimate of drug-likeness (QED) is 0.431. The fraction of sp³-hybridized carbons (Fsp3) is 0.609. The lowest BCUT2D eigenvalue weighted by molar-refractivity contribution is -0.148. The first-order chi connectivity index (χ1) is 15.1. The number of carbonyl (C=O) groups excluding carboxylic acids is 3. The summed E-state index contributed by atoms with van der Waals surface area (Å²) in [6.07, 6.45) is -1.85. The average Bonchev–Trinajstić information content (AvgIpc) is 2.90. The minimum Gasteiger partial charge on any atom is -0.466 e. The van der Waals surface area contributed by atoms with Gasteiger partial charge in [-0.1, -0.05) is 18.2 Å². The molecule has 0 radical (unpaired) electrons. The van der Waals surface area contributed by atoms with Crippen LogP contribution in [0.25, 0.3) is 0 Å². The molecule has 0 spiro atoms. The molecule has 0 saturated carbocycles. The molecule has 1 N–H and O–H groups in total. The highest BCUT2D eigenvalue weighted by atomic mass is 16.7. The molecule has 178 valence electrons. The molecule has 32 heavy (non-hydrogen) atoms. The SMILES string of the molecule is CCOC(=O)C[C@]1(NC(=O)OC(C)(C)C)C(=O)N(CC(OCC)OCC)c2ccccc21. The Hall–Kier alpha value is -2.65. The molecule has 0 bridgehead atoms. The van der Waals surface area contributed by atoms with Gasteiger partial charge in [0, 0.05) is 18.8 Å². The predicted octanol–water partition coefficient (Wildman–Crippen LogP) is 3.11. The van der Waals surface area contributed by atoms with Crippen LogP contribution in [-0.4, -0.2) is 56.2 Å². The molecule has 1 aliphatic rings. The molecule has 1 aliphatic heterocycles. The Labute approximate surface area is 189 Å². The predicted molar refractivity (Wildman–Crippen MR) is 118 cm³/mol. The summed E-state index contributed by atoms with van der Waals surface area (Å²) >= 11 is 0. The highest BCUT2D eigenvalue weighted by Gasteiger charge is 2.54. The third-order valence-corrected chi connectivity index (χ3v) is 4.73. The number of fused-ring (bicyclic) bond motifs is 1. The number of alkyl carbamates (subject to hydrolysis) is 1. The second kappa shape index (κ2) is 10.8. The number of esters is 1. The van der Waals surface area contributed by atoms with Crippen molar-refractivity contribution in [3.05, 3.63) is 29.8 Å². The summed E-state index contributed by atoms with van der Waals surface area (Å²) in [5, 5.41) is 2.68. The monoisotopic (exact) mass is 450 g/mol. The molecule has 0 aliphatic carbocycles. The lowest BCUT2D eigenvalue weighted by atomic mass is 9.88. The molecule has 1 aromatic carbocycles. The number of para-hydroxylation sites is 1. The molecular formula is C23H34N2O7. The summed E-state index contributed by atoms with van der Waals surface area (Å²) in [4.78, 5) is 40.5. The van der Waals surface area contributed by atoms with Gasteiger partial charge >= 0.3 is 12.1 Å². The van der Waals surface area contributed by atoms with E-state index in [2.05, 4.69) is 5.32 Å². The minimum absolute atomic E-state index is 0.0953. The van der Waals surface area contributed by atoms with Crippen molar-refractivity contribution < 1.29 is 33.3 Å². The Morgan fingerprint density at radius 3 is 2.25 bits per heavy atom. The van der Waals surface area contributed by atoms with Gasteiger partial charge in [-0.3, -0.25) is 9.59 Å². The largest absolute Gasteiger partial charge is 0.466 e. The Kier molecular flexibility index (Phi) is 8.63. The molecule has 1 heterocycles. The van der Waals surface area contributed by atoms with Crippen molar-refractivity contribution in [3.8, 4) is 0 Å². The fourth-order valence-corrected chi connectivity index (χ4v) is 3.62. The van der Waals surface area contributed by atoms with Gasteiger partial charge < -0.3 is 29.2 Å². The zero-order valence-electron chi connectivity index (χ0n) is 19.7. The topological polar surface area (TPSA) is 103 Å². The van der Waals surface area contributed by atoms with Gasteiger partial charge in [-0.2, -0.15) is 0 Å². The van der Waals surface area contributed by atoms with Crippen LogP contribution in [-0.2, 0) is 34.1 Å². The van der Waals surface area contributed by atoms with Crippen LogP contribution in [0.2, 0.25) is 0 Å². The minimum atomic E-state index is -1.67. The number of carbonyl (C=O) groups is 3. The van der Waals surface area contributed by atoms with Gasteiger partial charge in [0.15, 0.2) is 11.8 Å². The van der Waals surface area contributed by atoms with E-state index in [1.165, 1.54) is 4.90 Å². The maximum atomic E-state index is 13.8. The van der Waals surface area contributed by atoms with Crippen molar-refractivity contribution >= 4 is 23.7 Å². The van der Waals surface area contributed by atoms with Crippen LogP contribution >= 0.6 is 0 Å². The molecule has 2 rings (SSSR count). The maximum absolute atomic E-state index is 13.8. The van der Waals surface area contributed by atoms with Crippen LogP contribution in [0.15, 0.2) is 24.3 Å². The van der Waals surface area contributed by atoms with E-state index in [1.807, 2.05) is 13.8 Å². The van der Waals surface area contributed by atoms with E-state index >= 15 is 0 Å². The van der Waals surface area contributed by atoms with Gasteiger partial charge in [0.05, 0.1) is 25.3 Å². The summed E-state index contributed by atoms with van der Waals surface area (Å²) in [7, 11) is 0. The van der Waals surface area contributed by atoms with Gasteiger partial charge in [-0.25, -0.2) is 4.79 Å². The van der Waals surface area contributed by atoms with Crippen LogP contribution < -0.4 is 10.2 Å². The third-order valence-electron chi connectivity index (χ3n) is 4.73. The average molecular weight is 451 g/mol. The summed E-state index contributed by atoms with van der Waals surface area (Å²) in [5.74, 6) is -1.10. The number of rotatable bonds is 10. The zero-order chi connectivity index (χ0) is 23.9. The molecular weight excluding hydrogens is 416 g/mol. The zero-order valence-corrected chi connectivity index (χ0v) is 19.7. The second-order valence-electron chi connectivity index (χ2n) is 8.29. The second-order valence-corrected chi connectivity index (χ2v) is 8.29. The molecule has 1 aromatic rings. The molecule has 9 heteroatoms. The van der Waals surface area contributed by atoms with Crippen molar-refractivity contribution in [1.29, 1.82) is 0 Å². The van der Waals surface area contributed by atoms with Crippen LogP contribution in [0.4, 0.5) is 10.5 Å². The lowest BCUT2D eigenvalue weighted by Gasteiger charge is -2.31. The van der Waals surface area contributed by atoms with E-state index in [9.17, 15) is 14.4 Å². The standard InChI is InChI=1S/C23H34N2O7/c1-7-29-18(26)14-23(24-21(28)32-22(4,5)6)16-12-10-11-13-17(16)25(20(23)27)15-19(30-8-2)31-9-3/h10-13,19H,7-9,14-15H2,1-6H3,(H,24,28)/t23-/m1/s1. The van der Waals surface area contributed by atoms with Crippen molar-refractivity contribution in [3.63, 3.8) is 0 Å². The number of nitrogens with one attached hydrogen (secondary N) is 1. The van der Waals surface area contributed by atoms with E-state index in [4.69, 9.17) is 18.9 Å². The van der Waals surface area contributed by atoms with Gasteiger partial charge in [0.1, 0.15) is 5.60 Å². The molecule has 0 saturated heterocycles. The van der Waals surface area contributed by atoms with Crippen LogP contribution in [0.3, 0.4) is 0 Å². The fourth-order valence-electron chi connectivity index (χ4n) is 3.62. The van der Waals surface area contributed by atoms with Crippen molar-refractivity contribution in [2.45, 2.75) is 65.4 Å². The van der Waals surface area contributed by atoms with Gasteiger partial charge in [0.2, 0.25) is 0 Å². The van der Waals surface area contributed by atoms with Gasteiger partial charge in [-0.15, -0.1) is 0 Å². The molecule has 9 nitrogen and oxygen atoms in total. The van der Waals surface area contributed by atoms with Gasteiger partial charge in [-0.05, 0) is 47.6 Å². The summed E-state index contributed by atoms with van der Waals surface area (Å²) in [6, 6.07) is 6.99. The molecule has 0 aromatic heterocycles. The van der Waals surface area contributed by atoms with E-state index < -0.39 is 35.4 Å². The number of nitrogens with zero attached hydrogens (tertiary/aromatic N) is 1. The first-order valence-corrected chi connectivity index (χ1v) is 10.9. The number of hydrogen-bond donors (Lipinski definition) is 1. The summed E-state index contributed by atoms with van der Waals surface area (Å²) < 4.78 is 21.8. The Balaban J connectivity index is 2.50. The number of amides is 2. The third kappa shape index (κ3) is 5.98. The summed E-state index contributed by atoms with van der Waals surface area (Å²) in [5.41, 5.74) is -1.42. The molecule has 0 fully saturated rings. The van der Waals surface area contributed by atoms with Crippen molar-refractivity contribution in [2.75, 3.05) is 31.3 Å². The molecule has 2 amide bonds. The Bertz CT molecular complexity index is 815. The smallest absolute Gasteiger partial charge is 0.408 e. The van der Waals surface area contributed by atoms with E-state index in [-0.39, 0.29) is 19.6 Å². The Morgan fingerprint density at radius 2 is 1.69 bits per heavy atom. The first-order valence-electron chi connectivity index (χ1n) is 10.9. The van der Waals surface area contributed by atoms with Crippen LogP contribution in [0, 0.1) is 0 Å². The molecule has 0 unspecified atom stereocenters. The number of benzene rings is 1. The summed E-state index contributed by atoms with van der Waals surface area (Å²) in [6.45, 7) is 11.5. The van der Waals surface area contributed by atoms with Crippen LogP contribution in [0.1, 0.15) is 53.5 Å². The highest BCUT2D eigenvalue weighted by molar-refractivity contribution is 6.10. The number of anilines is 1. The van der Waals surface area contributed by atoms with E-state index in [0.29, 0.717) is 24.5 Å². The first kappa shape index (κ1) is 25.6. The van der Waals surface area contributed by atoms with Crippen molar-refractivity contribution in [1.82, 2.24) is 5.32 Å².